The lowest BCUT2D eigenvalue weighted by atomic mass is 9.99. The first-order chi connectivity index (χ1) is 7.63. The molecule has 0 spiro atoms. The molecule has 0 aromatic carbocycles. The number of hydrogen-bond acceptors (Lipinski definition) is 8. The Morgan fingerprint density at radius 2 is 1.71 bits per heavy atom. The van der Waals surface area contributed by atoms with Crippen molar-refractivity contribution in [2.24, 2.45) is 0 Å². The summed E-state index contributed by atoms with van der Waals surface area (Å²) in [7, 11) is -5.06. The minimum absolute atomic E-state index is 1.75. The standard InChI is InChI=1S/C6H10O10S/c7-1-2(8)6(11)15-4(5(9)10)3(1)16-17(12,13)14/h1-4,6-8,11H,(H,9,10)(H,12,13,14)/t1-,2-,3-,4+,6-/m1/s1. The first kappa shape index (κ1) is 14.2. The number of rotatable bonds is 3. The molecule has 0 unspecified atom stereocenters. The van der Waals surface area contributed by atoms with E-state index in [9.17, 15) is 18.3 Å². The fourth-order valence-corrected chi connectivity index (χ4v) is 1.79. The fraction of sp³-hybridized carbons (Fsp3) is 0.833. The largest absolute Gasteiger partial charge is 0.479 e. The highest BCUT2D eigenvalue weighted by atomic mass is 32.3. The van der Waals surface area contributed by atoms with Crippen molar-refractivity contribution in [3.63, 3.8) is 0 Å². The van der Waals surface area contributed by atoms with Gasteiger partial charge in [0.15, 0.2) is 12.4 Å². The average Bonchev–Trinajstić information content (AvgIpc) is 2.16. The van der Waals surface area contributed by atoms with Gasteiger partial charge in [0.2, 0.25) is 0 Å². The Hall–Kier alpha value is -0.820. The van der Waals surface area contributed by atoms with E-state index in [2.05, 4.69) is 8.92 Å². The van der Waals surface area contributed by atoms with Gasteiger partial charge in [-0.1, -0.05) is 0 Å². The molecule has 17 heavy (non-hydrogen) atoms. The van der Waals surface area contributed by atoms with Gasteiger partial charge in [0.05, 0.1) is 0 Å². The molecule has 0 amide bonds. The second-order valence-electron chi connectivity index (χ2n) is 3.26. The predicted octanol–water partition coefficient (Wildman–Crippen LogP) is -3.30. The maximum absolute atomic E-state index is 10.7. The normalized spacial score (nSPS) is 38.9. The van der Waals surface area contributed by atoms with Crippen LogP contribution >= 0.6 is 0 Å². The van der Waals surface area contributed by atoms with Crippen molar-refractivity contribution >= 4 is 16.4 Å². The number of ether oxygens (including phenoxy) is 1. The molecule has 1 saturated heterocycles. The minimum Gasteiger partial charge on any atom is -0.479 e. The molecule has 1 heterocycles. The Kier molecular flexibility index (Phi) is 4.03. The van der Waals surface area contributed by atoms with Crippen molar-refractivity contribution in [3.8, 4) is 0 Å². The number of carbonyl (C=O) groups is 1. The predicted molar refractivity (Wildman–Crippen MR) is 47.0 cm³/mol. The second kappa shape index (κ2) is 4.81. The van der Waals surface area contributed by atoms with E-state index in [1.54, 1.807) is 0 Å². The van der Waals surface area contributed by atoms with Crippen LogP contribution in [0.15, 0.2) is 0 Å². The van der Waals surface area contributed by atoms with Gasteiger partial charge in [0, 0.05) is 0 Å². The van der Waals surface area contributed by atoms with Crippen LogP contribution in [0.5, 0.6) is 0 Å². The molecule has 0 aliphatic carbocycles. The summed E-state index contributed by atoms with van der Waals surface area (Å²) in [6.07, 6.45) is -10.2. The summed E-state index contributed by atoms with van der Waals surface area (Å²) >= 11 is 0. The van der Waals surface area contributed by atoms with Crippen molar-refractivity contribution in [2.45, 2.75) is 30.7 Å². The topological polar surface area (TPSA) is 171 Å². The summed E-state index contributed by atoms with van der Waals surface area (Å²) in [6, 6.07) is 0. The van der Waals surface area contributed by atoms with E-state index in [-0.39, 0.29) is 0 Å². The van der Waals surface area contributed by atoms with E-state index in [0.717, 1.165) is 0 Å². The fourth-order valence-electron chi connectivity index (χ4n) is 1.30. The van der Waals surface area contributed by atoms with Gasteiger partial charge in [-0.25, -0.2) is 8.98 Å². The Morgan fingerprint density at radius 3 is 2.12 bits per heavy atom. The molecule has 1 fully saturated rings. The van der Waals surface area contributed by atoms with Crippen molar-refractivity contribution in [3.05, 3.63) is 0 Å². The Balaban J connectivity index is 2.98. The molecule has 1 aliphatic rings. The molecule has 0 aromatic rings. The molecule has 11 heteroatoms. The van der Waals surface area contributed by atoms with Crippen LogP contribution < -0.4 is 0 Å². The molecule has 10 nitrogen and oxygen atoms in total. The quantitative estimate of drug-likeness (QED) is 0.328. The van der Waals surface area contributed by atoms with Gasteiger partial charge < -0.3 is 25.2 Å². The van der Waals surface area contributed by atoms with Gasteiger partial charge in [0.1, 0.15) is 18.3 Å². The summed E-state index contributed by atoms with van der Waals surface area (Å²) in [5.41, 5.74) is 0. The molecular weight excluding hydrogens is 264 g/mol. The second-order valence-corrected chi connectivity index (χ2v) is 4.30. The molecule has 1 rings (SSSR count). The van der Waals surface area contributed by atoms with Crippen LogP contribution in [0.1, 0.15) is 0 Å². The van der Waals surface area contributed by atoms with Crippen LogP contribution in [0.4, 0.5) is 0 Å². The number of aliphatic hydroxyl groups excluding tert-OH is 3. The Bertz CT molecular complexity index is 390. The third kappa shape index (κ3) is 3.32. The molecule has 1 aliphatic heterocycles. The molecule has 0 bridgehead atoms. The van der Waals surface area contributed by atoms with E-state index in [1.807, 2.05) is 0 Å². The SMILES string of the molecule is O=C(O)[C@H]1O[C@@H](O)[C@H](O)[C@@H](O)[C@H]1OS(=O)(=O)O. The summed E-state index contributed by atoms with van der Waals surface area (Å²) in [5.74, 6) is -1.75. The number of aliphatic hydroxyl groups is 3. The monoisotopic (exact) mass is 274 g/mol. The van der Waals surface area contributed by atoms with Crippen LogP contribution in [0, 0.1) is 0 Å². The van der Waals surface area contributed by atoms with Gasteiger partial charge in [-0.2, -0.15) is 8.42 Å². The zero-order chi connectivity index (χ0) is 13.4. The number of aliphatic carboxylic acids is 1. The summed E-state index contributed by atoms with van der Waals surface area (Å²) in [6.45, 7) is 0. The van der Waals surface area contributed by atoms with Gasteiger partial charge in [-0.15, -0.1) is 0 Å². The first-order valence-corrected chi connectivity index (χ1v) is 5.58. The molecule has 100 valence electrons. The maximum Gasteiger partial charge on any atom is 0.397 e. The average molecular weight is 274 g/mol. The number of carboxylic acids is 1. The third-order valence-corrected chi connectivity index (χ3v) is 2.50. The van der Waals surface area contributed by atoms with Gasteiger partial charge in [-0.3, -0.25) is 4.55 Å². The Labute approximate surface area is 95.0 Å². The lowest BCUT2D eigenvalue weighted by Crippen LogP contribution is -2.60. The van der Waals surface area contributed by atoms with Gasteiger partial charge >= 0.3 is 16.4 Å². The highest BCUT2D eigenvalue weighted by Crippen LogP contribution is 2.23. The van der Waals surface area contributed by atoms with Crippen LogP contribution in [0.3, 0.4) is 0 Å². The van der Waals surface area contributed by atoms with Crippen LogP contribution in [0.25, 0.3) is 0 Å². The smallest absolute Gasteiger partial charge is 0.397 e. The number of carboxylic acid groups (broad SMARTS) is 1. The van der Waals surface area contributed by atoms with E-state index in [4.69, 9.17) is 19.9 Å². The van der Waals surface area contributed by atoms with Crippen LogP contribution in [-0.2, 0) is 24.1 Å². The maximum atomic E-state index is 10.7. The van der Waals surface area contributed by atoms with E-state index < -0.39 is 47.1 Å². The summed E-state index contributed by atoms with van der Waals surface area (Å²) in [4.78, 5) is 10.7. The number of hydrogen-bond donors (Lipinski definition) is 5. The minimum atomic E-state index is -5.06. The third-order valence-electron chi connectivity index (χ3n) is 2.04. The Morgan fingerprint density at radius 1 is 1.18 bits per heavy atom. The highest BCUT2D eigenvalue weighted by Gasteiger charge is 2.49. The lowest BCUT2D eigenvalue weighted by molar-refractivity contribution is -0.275. The van der Waals surface area contributed by atoms with Crippen LogP contribution in [0.2, 0.25) is 0 Å². The zero-order valence-corrected chi connectivity index (χ0v) is 8.89. The van der Waals surface area contributed by atoms with Crippen molar-refractivity contribution in [2.75, 3.05) is 0 Å². The van der Waals surface area contributed by atoms with Crippen LogP contribution in [-0.4, -0.2) is 70.1 Å². The molecular formula is C6H10O10S. The van der Waals surface area contributed by atoms with Crippen molar-refractivity contribution in [1.82, 2.24) is 0 Å². The van der Waals surface area contributed by atoms with E-state index in [0.29, 0.717) is 0 Å². The summed E-state index contributed by atoms with van der Waals surface area (Å²) in [5, 5.41) is 36.1. The van der Waals surface area contributed by atoms with E-state index in [1.165, 1.54) is 0 Å². The molecule has 0 radical (unpaired) electrons. The summed E-state index contributed by atoms with van der Waals surface area (Å²) < 4.78 is 37.5. The van der Waals surface area contributed by atoms with Crippen molar-refractivity contribution < 1.29 is 47.1 Å². The van der Waals surface area contributed by atoms with E-state index >= 15 is 0 Å². The van der Waals surface area contributed by atoms with Crippen molar-refractivity contribution in [1.29, 1.82) is 0 Å². The van der Waals surface area contributed by atoms with Gasteiger partial charge in [-0.05, 0) is 0 Å². The molecule has 0 aromatic heterocycles. The molecule has 5 N–H and O–H groups in total. The molecule has 5 atom stereocenters. The zero-order valence-electron chi connectivity index (χ0n) is 8.07. The van der Waals surface area contributed by atoms with Gasteiger partial charge in [0.25, 0.3) is 0 Å². The highest BCUT2D eigenvalue weighted by molar-refractivity contribution is 7.80. The first-order valence-electron chi connectivity index (χ1n) is 4.21. The lowest BCUT2D eigenvalue weighted by Gasteiger charge is -2.37. The molecule has 0 saturated carbocycles.